The van der Waals surface area contributed by atoms with Gasteiger partial charge in [-0.15, -0.1) is 11.3 Å². The third kappa shape index (κ3) is 5.33. The number of benzene rings is 2. The smallest absolute Gasteiger partial charge is 0.386 e. The number of aliphatic hydroxyl groups is 1. The molecular weight excluding hydrogens is 556 g/mol. The van der Waals surface area contributed by atoms with E-state index in [1.54, 1.807) is 24.3 Å². The summed E-state index contributed by atoms with van der Waals surface area (Å²) in [5.41, 5.74) is -1.37. The molecule has 0 saturated carbocycles. The number of hydrogen-bond donors (Lipinski definition) is 1. The summed E-state index contributed by atoms with van der Waals surface area (Å²) in [5.74, 6) is 0. The zero-order valence-electron chi connectivity index (χ0n) is 19.1. The molecule has 2 heterocycles. The lowest BCUT2D eigenvalue weighted by Gasteiger charge is -2.19. The lowest BCUT2D eigenvalue weighted by Crippen LogP contribution is -2.16. The molecule has 2 aromatic carbocycles. The molecule has 0 bridgehead atoms. The number of hydrogen-bond acceptors (Lipinski definition) is 5. The number of alkyl halides is 3. The van der Waals surface area contributed by atoms with Crippen LogP contribution in [-0.4, -0.2) is 29.6 Å². The first-order valence-corrected chi connectivity index (χ1v) is 13.8. The van der Waals surface area contributed by atoms with E-state index in [1.165, 1.54) is 38.1 Å². The van der Waals surface area contributed by atoms with Gasteiger partial charge in [0.2, 0.25) is 0 Å². The molecule has 0 fully saturated rings. The number of halogens is 5. The Balaban J connectivity index is 1.91. The second-order valence-electron chi connectivity index (χ2n) is 8.64. The van der Waals surface area contributed by atoms with Gasteiger partial charge in [0, 0.05) is 11.1 Å². The van der Waals surface area contributed by atoms with Crippen LogP contribution >= 0.6 is 34.5 Å². The van der Waals surface area contributed by atoms with Crippen molar-refractivity contribution in [1.82, 2.24) is 9.78 Å². The molecule has 12 heteroatoms. The van der Waals surface area contributed by atoms with Crippen molar-refractivity contribution in [2.45, 2.75) is 30.5 Å². The first kappa shape index (κ1) is 26.7. The van der Waals surface area contributed by atoms with Crippen molar-refractivity contribution in [3.63, 3.8) is 0 Å². The number of sulfone groups is 1. The van der Waals surface area contributed by atoms with Gasteiger partial charge in [-0.05, 0) is 73.5 Å². The third-order valence-corrected chi connectivity index (χ3v) is 8.19. The van der Waals surface area contributed by atoms with Crippen molar-refractivity contribution < 1.29 is 26.7 Å². The molecule has 0 radical (unpaired) electrons. The number of para-hydroxylation sites is 1. The predicted octanol–water partition coefficient (Wildman–Crippen LogP) is 7.22. The minimum atomic E-state index is -4.71. The zero-order chi connectivity index (χ0) is 26.6. The summed E-state index contributed by atoms with van der Waals surface area (Å²) in [6.07, 6.45) is -3.65. The summed E-state index contributed by atoms with van der Waals surface area (Å²) in [4.78, 5) is 1.01. The van der Waals surface area contributed by atoms with E-state index in [9.17, 15) is 26.7 Å². The van der Waals surface area contributed by atoms with Crippen molar-refractivity contribution in [2.75, 3.05) is 6.26 Å². The van der Waals surface area contributed by atoms with Gasteiger partial charge in [0.25, 0.3) is 0 Å². The Morgan fingerprint density at radius 1 is 0.972 bits per heavy atom. The normalized spacial score (nSPS) is 12.8. The molecule has 0 aliphatic heterocycles. The van der Waals surface area contributed by atoms with E-state index in [-0.39, 0.29) is 26.3 Å². The number of thiophene rings is 1. The average molecular weight is 575 g/mol. The maximum Gasteiger partial charge on any atom is 0.435 e. The monoisotopic (exact) mass is 574 g/mol. The first-order valence-electron chi connectivity index (χ1n) is 10.4. The van der Waals surface area contributed by atoms with Crippen LogP contribution in [0.3, 0.4) is 0 Å². The molecule has 36 heavy (non-hydrogen) atoms. The molecular formula is C24H19Cl2F3N2O3S2. The molecule has 4 aromatic rings. The summed E-state index contributed by atoms with van der Waals surface area (Å²) in [6.45, 7) is 3.06. The van der Waals surface area contributed by atoms with Crippen molar-refractivity contribution in [2.24, 2.45) is 0 Å². The van der Waals surface area contributed by atoms with Crippen molar-refractivity contribution in [3.8, 4) is 26.7 Å². The molecule has 190 valence electrons. The van der Waals surface area contributed by atoms with Gasteiger partial charge in [-0.2, -0.15) is 18.3 Å². The Morgan fingerprint density at radius 3 is 2.14 bits per heavy atom. The Labute approximate surface area is 219 Å². The van der Waals surface area contributed by atoms with Crippen LogP contribution in [0, 0.1) is 0 Å². The van der Waals surface area contributed by atoms with E-state index >= 15 is 0 Å². The lowest BCUT2D eigenvalue weighted by atomic mass is 9.96. The zero-order valence-corrected chi connectivity index (χ0v) is 22.2. The molecule has 1 N–H and O–H groups in total. The van der Waals surface area contributed by atoms with Gasteiger partial charge < -0.3 is 5.11 Å². The van der Waals surface area contributed by atoms with Crippen LogP contribution in [0.1, 0.15) is 25.1 Å². The van der Waals surface area contributed by atoms with E-state index < -0.39 is 27.3 Å². The second kappa shape index (κ2) is 9.18. The minimum Gasteiger partial charge on any atom is -0.386 e. The number of nitrogens with zero attached hydrogens (tertiary/aromatic N) is 2. The third-order valence-electron chi connectivity index (χ3n) is 5.33. The number of aromatic nitrogens is 2. The summed E-state index contributed by atoms with van der Waals surface area (Å²) in [7, 11) is -3.60. The Morgan fingerprint density at radius 2 is 1.58 bits per heavy atom. The maximum absolute atomic E-state index is 13.6. The van der Waals surface area contributed by atoms with Crippen LogP contribution in [0.5, 0.6) is 0 Å². The van der Waals surface area contributed by atoms with Gasteiger partial charge in [0.1, 0.15) is 5.69 Å². The van der Waals surface area contributed by atoms with Gasteiger partial charge >= 0.3 is 6.18 Å². The van der Waals surface area contributed by atoms with Crippen LogP contribution in [0.2, 0.25) is 10.0 Å². The first-order chi connectivity index (χ1) is 16.6. The molecule has 0 unspecified atom stereocenters. The fourth-order valence-electron chi connectivity index (χ4n) is 3.50. The van der Waals surface area contributed by atoms with Gasteiger partial charge in [0.05, 0.1) is 31.1 Å². The van der Waals surface area contributed by atoms with E-state index in [4.69, 9.17) is 23.2 Å². The fourth-order valence-corrected chi connectivity index (χ4v) is 5.73. The molecule has 0 amide bonds. The predicted molar refractivity (Wildman–Crippen MR) is 136 cm³/mol. The largest absolute Gasteiger partial charge is 0.435 e. The molecule has 0 spiro atoms. The second-order valence-corrected chi connectivity index (χ2v) is 12.5. The van der Waals surface area contributed by atoms with Crippen molar-refractivity contribution in [1.29, 1.82) is 0 Å². The SMILES string of the molecule is CC(C)(O)c1cc(-c2ccc(-c3cc(C(F)(F)F)nn3-c3c(Cl)cccc3Cl)s2)cc(S(C)(=O)=O)c1. The van der Waals surface area contributed by atoms with Crippen molar-refractivity contribution >= 4 is 44.4 Å². The van der Waals surface area contributed by atoms with Gasteiger partial charge in [-0.3, -0.25) is 0 Å². The van der Waals surface area contributed by atoms with Gasteiger partial charge in [0.15, 0.2) is 15.5 Å². The van der Waals surface area contributed by atoms with E-state index in [1.807, 2.05) is 0 Å². The Kier molecular flexibility index (Phi) is 6.81. The minimum absolute atomic E-state index is 0.0133. The fraction of sp³-hybridized carbons (Fsp3) is 0.208. The molecule has 0 saturated heterocycles. The highest BCUT2D eigenvalue weighted by molar-refractivity contribution is 7.90. The summed E-state index contributed by atoms with van der Waals surface area (Å²) in [6, 6.07) is 13.2. The molecule has 4 rings (SSSR count). The molecule has 5 nitrogen and oxygen atoms in total. The van der Waals surface area contributed by atoms with Gasteiger partial charge in [-0.25, -0.2) is 13.1 Å². The topological polar surface area (TPSA) is 72.2 Å². The standard InChI is InChI=1S/C24H19Cl2F3N2O3S2/c1-23(2,32)14-9-13(10-15(11-14)36(3,33)34)19-7-8-20(35-19)18-12-21(24(27,28)29)30-31(18)22-16(25)5-4-6-17(22)26/h4-12,32H,1-3H3. The maximum atomic E-state index is 13.6. The van der Waals surface area contributed by atoms with Crippen molar-refractivity contribution in [3.05, 3.63) is 75.9 Å². The van der Waals surface area contributed by atoms with Crippen LogP contribution in [0.4, 0.5) is 13.2 Å². The average Bonchev–Trinajstić information content (AvgIpc) is 3.39. The molecule has 2 aromatic heterocycles. The van der Waals surface area contributed by atoms with E-state index in [0.29, 0.717) is 20.9 Å². The summed E-state index contributed by atoms with van der Waals surface area (Å²) < 4.78 is 66.3. The summed E-state index contributed by atoms with van der Waals surface area (Å²) in [5, 5.41) is 14.5. The van der Waals surface area contributed by atoms with Crippen LogP contribution in [-0.2, 0) is 21.6 Å². The Hall–Kier alpha value is -2.37. The van der Waals surface area contributed by atoms with Gasteiger partial charge in [-0.1, -0.05) is 29.3 Å². The Bertz CT molecular complexity index is 1550. The lowest BCUT2D eigenvalue weighted by molar-refractivity contribution is -0.141. The highest BCUT2D eigenvalue weighted by Gasteiger charge is 2.36. The van der Waals surface area contributed by atoms with E-state index in [2.05, 4.69) is 5.10 Å². The quantitative estimate of drug-likeness (QED) is 0.273. The van der Waals surface area contributed by atoms with Crippen LogP contribution in [0.25, 0.3) is 26.7 Å². The van der Waals surface area contributed by atoms with E-state index in [0.717, 1.165) is 28.3 Å². The number of rotatable bonds is 5. The molecule has 0 atom stereocenters. The highest BCUT2D eigenvalue weighted by Crippen LogP contribution is 2.41. The molecule has 0 aliphatic carbocycles. The molecule has 0 aliphatic rings. The highest BCUT2D eigenvalue weighted by atomic mass is 35.5. The summed E-state index contributed by atoms with van der Waals surface area (Å²) >= 11 is 13.7. The van der Waals surface area contributed by atoms with Crippen LogP contribution in [0.15, 0.2) is 59.5 Å². The van der Waals surface area contributed by atoms with Crippen LogP contribution < -0.4 is 0 Å².